The second-order valence-electron chi connectivity index (χ2n) is 5.40. The molecule has 0 aromatic rings. The Hall–Kier alpha value is -0.260. The van der Waals surface area contributed by atoms with E-state index in [9.17, 15) is 0 Å². The highest BCUT2D eigenvalue weighted by atomic mass is 14.5. The van der Waals surface area contributed by atoms with E-state index in [0.29, 0.717) is 10.8 Å². The van der Waals surface area contributed by atoms with Gasteiger partial charge in [0, 0.05) is 0 Å². The summed E-state index contributed by atoms with van der Waals surface area (Å²) in [6.07, 6.45) is 9.26. The summed E-state index contributed by atoms with van der Waals surface area (Å²) in [5.74, 6) is 0.838. The van der Waals surface area contributed by atoms with Crippen LogP contribution in [-0.2, 0) is 0 Å². The maximum absolute atomic E-state index is 2.48. The van der Waals surface area contributed by atoms with Crippen LogP contribution < -0.4 is 0 Å². The third kappa shape index (κ3) is 1.23. The van der Waals surface area contributed by atoms with E-state index in [2.05, 4.69) is 32.9 Å². The molecule has 0 aromatic heterocycles. The SMILES string of the molecule is CC(C)(C)C1C=CC2(CC2)C1. The Labute approximate surface area is 69.7 Å². The van der Waals surface area contributed by atoms with Crippen LogP contribution in [-0.4, -0.2) is 0 Å². The van der Waals surface area contributed by atoms with E-state index in [1.807, 2.05) is 0 Å². The molecule has 0 bridgehead atoms. The first-order valence-corrected chi connectivity index (χ1v) is 4.71. The van der Waals surface area contributed by atoms with Crippen LogP contribution in [0.3, 0.4) is 0 Å². The van der Waals surface area contributed by atoms with Crippen LogP contribution in [0.4, 0.5) is 0 Å². The van der Waals surface area contributed by atoms with E-state index in [1.54, 1.807) is 0 Å². The van der Waals surface area contributed by atoms with Gasteiger partial charge in [-0.15, -0.1) is 0 Å². The summed E-state index contributed by atoms with van der Waals surface area (Å²) < 4.78 is 0. The summed E-state index contributed by atoms with van der Waals surface area (Å²) >= 11 is 0. The second kappa shape index (κ2) is 1.91. The maximum Gasteiger partial charge on any atom is -0.0112 e. The zero-order chi connectivity index (χ0) is 8.11. The summed E-state index contributed by atoms with van der Waals surface area (Å²) in [6.45, 7) is 7.05. The van der Waals surface area contributed by atoms with Crippen molar-refractivity contribution in [2.45, 2.75) is 40.0 Å². The van der Waals surface area contributed by atoms with E-state index >= 15 is 0 Å². The molecule has 0 N–H and O–H groups in total. The molecule has 1 fully saturated rings. The molecule has 2 rings (SSSR count). The first-order valence-electron chi connectivity index (χ1n) is 4.71. The van der Waals surface area contributed by atoms with Gasteiger partial charge in [-0.25, -0.2) is 0 Å². The number of hydrogen-bond donors (Lipinski definition) is 0. The van der Waals surface area contributed by atoms with Gasteiger partial charge in [0.25, 0.3) is 0 Å². The molecule has 11 heavy (non-hydrogen) atoms. The monoisotopic (exact) mass is 150 g/mol. The summed E-state index contributed by atoms with van der Waals surface area (Å²) in [5.41, 5.74) is 1.18. The van der Waals surface area contributed by atoms with Crippen molar-refractivity contribution in [2.75, 3.05) is 0 Å². The number of rotatable bonds is 0. The minimum Gasteiger partial charge on any atom is -0.0843 e. The minimum absolute atomic E-state index is 0.489. The predicted molar refractivity (Wildman–Crippen MR) is 48.4 cm³/mol. The van der Waals surface area contributed by atoms with Crippen molar-refractivity contribution in [3.05, 3.63) is 12.2 Å². The number of allylic oxidation sites excluding steroid dienone is 2. The highest BCUT2D eigenvalue weighted by molar-refractivity contribution is 5.19. The van der Waals surface area contributed by atoms with E-state index in [1.165, 1.54) is 19.3 Å². The van der Waals surface area contributed by atoms with Gasteiger partial charge < -0.3 is 0 Å². The lowest BCUT2D eigenvalue weighted by molar-refractivity contribution is 0.268. The van der Waals surface area contributed by atoms with Crippen molar-refractivity contribution in [3.8, 4) is 0 Å². The molecule has 2 aliphatic rings. The topological polar surface area (TPSA) is 0 Å². The zero-order valence-corrected chi connectivity index (χ0v) is 7.85. The van der Waals surface area contributed by atoms with E-state index < -0.39 is 0 Å². The molecule has 0 aromatic carbocycles. The van der Waals surface area contributed by atoms with Gasteiger partial charge in [0.15, 0.2) is 0 Å². The van der Waals surface area contributed by atoms with Crippen molar-refractivity contribution in [3.63, 3.8) is 0 Å². The molecule has 1 unspecified atom stereocenters. The van der Waals surface area contributed by atoms with Crippen LogP contribution in [0.2, 0.25) is 0 Å². The van der Waals surface area contributed by atoms with Gasteiger partial charge in [-0.2, -0.15) is 0 Å². The Kier molecular flexibility index (Phi) is 1.28. The third-order valence-electron chi connectivity index (χ3n) is 3.31. The maximum atomic E-state index is 2.48. The lowest BCUT2D eigenvalue weighted by Crippen LogP contribution is -2.17. The number of hydrogen-bond acceptors (Lipinski definition) is 0. The molecule has 0 saturated heterocycles. The molecular formula is C11H18. The third-order valence-corrected chi connectivity index (χ3v) is 3.31. The molecular weight excluding hydrogens is 132 g/mol. The van der Waals surface area contributed by atoms with Crippen LogP contribution in [0.5, 0.6) is 0 Å². The van der Waals surface area contributed by atoms with Crippen molar-refractivity contribution in [2.24, 2.45) is 16.7 Å². The Morgan fingerprint density at radius 1 is 1.27 bits per heavy atom. The standard InChI is InChI=1S/C11H18/c1-10(2,3)9-4-5-11(8-9)6-7-11/h4-5,9H,6-8H2,1-3H3. The van der Waals surface area contributed by atoms with Crippen molar-refractivity contribution in [1.29, 1.82) is 0 Å². The highest BCUT2D eigenvalue weighted by Gasteiger charge is 2.46. The molecule has 2 aliphatic carbocycles. The van der Waals surface area contributed by atoms with Gasteiger partial charge in [0.2, 0.25) is 0 Å². The van der Waals surface area contributed by atoms with Crippen LogP contribution >= 0.6 is 0 Å². The average Bonchev–Trinajstić information content (AvgIpc) is 2.38. The lowest BCUT2D eigenvalue weighted by Gasteiger charge is -2.26. The molecule has 0 heteroatoms. The lowest BCUT2D eigenvalue weighted by atomic mass is 9.79. The Bertz CT molecular complexity index is 189. The largest absolute Gasteiger partial charge is 0.0843 e. The summed E-state index contributed by atoms with van der Waals surface area (Å²) in [7, 11) is 0. The van der Waals surface area contributed by atoms with Crippen LogP contribution in [0.25, 0.3) is 0 Å². The molecule has 0 heterocycles. The van der Waals surface area contributed by atoms with E-state index in [0.717, 1.165) is 5.92 Å². The fraction of sp³-hybridized carbons (Fsp3) is 0.818. The Morgan fingerprint density at radius 3 is 2.18 bits per heavy atom. The minimum atomic E-state index is 0.489. The predicted octanol–water partition coefficient (Wildman–Crippen LogP) is 3.39. The molecule has 0 amide bonds. The second-order valence-corrected chi connectivity index (χ2v) is 5.40. The van der Waals surface area contributed by atoms with Gasteiger partial charge in [0.1, 0.15) is 0 Å². The summed E-state index contributed by atoms with van der Waals surface area (Å²) in [6, 6.07) is 0. The molecule has 1 atom stereocenters. The van der Waals surface area contributed by atoms with Crippen molar-refractivity contribution < 1.29 is 0 Å². The first kappa shape index (κ1) is 7.39. The quantitative estimate of drug-likeness (QED) is 0.464. The van der Waals surface area contributed by atoms with Gasteiger partial charge >= 0.3 is 0 Å². The zero-order valence-electron chi connectivity index (χ0n) is 7.85. The smallest absolute Gasteiger partial charge is 0.0112 e. The highest BCUT2D eigenvalue weighted by Crippen LogP contribution is 2.58. The van der Waals surface area contributed by atoms with E-state index in [4.69, 9.17) is 0 Å². The van der Waals surface area contributed by atoms with Gasteiger partial charge in [-0.3, -0.25) is 0 Å². The molecule has 1 saturated carbocycles. The fourth-order valence-corrected chi connectivity index (χ4v) is 2.02. The molecule has 62 valence electrons. The normalized spacial score (nSPS) is 33.2. The summed E-state index contributed by atoms with van der Waals surface area (Å²) in [5, 5.41) is 0. The van der Waals surface area contributed by atoms with E-state index in [-0.39, 0.29) is 0 Å². The average molecular weight is 150 g/mol. The van der Waals surface area contributed by atoms with Gasteiger partial charge in [0.05, 0.1) is 0 Å². The fourth-order valence-electron chi connectivity index (χ4n) is 2.02. The van der Waals surface area contributed by atoms with Crippen LogP contribution in [0.1, 0.15) is 40.0 Å². The summed E-state index contributed by atoms with van der Waals surface area (Å²) in [4.78, 5) is 0. The van der Waals surface area contributed by atoms with Crippen molar-refractivity contribution in [1.82, 2.24) is 0 Å². The molecule has 0 nitrogen and oxygen atoms in total. The van der Waals surface area contributed by atoms with Crippen LogP contribution in [0.15, 0.2) is 12.2 Å². The molecule has 1 spiro atoms. The van der Waals surface area contributed by atoms with Crippen molar-refractivity contribution >= 4 is 0 Å². The van der Waals surface area contributed by atoms with Gasteiger partial charge in [-0.05, 0) is 36.0 Å². The Morgan fingerprint density at radius 2 is 1.91 bits per heavy atom. The molecule has 0 radical (unpaired) electrons. The first-order chi connectivity index (χ1) is 5.02. The van der Waals surface area contributed by atoms with Crippen LogP contribution in [0, 0.1) is 16.7 Å². The Balaban J connectivity index is 2.06. The van der Waals surface area contributed by atoms with Gasteiger partial charge in [-0.1, -0.05) is 32.9 Å². The molecule has 0 aliphatic heterocycles.